The maximum atomic E-state index is 3.67. The molecule has 1 unspecified atom stereocenters. The summed E-state index contributed by atoms with van der Waals surface area (Å²) < 4.78 is 0. The molecular weight excluding hydrogens is 208 g/mol. The van der Waals surface area contributed by atoms with E-state index in [-0.39, 0.29) is 0 Å². The van der Waals surface area contributed by atoms with E-state index >= 15 is 0 Å². The summed E-state index contributed by atoms with van der Waals surface area (Å²) in [6, 6.07) is 0.777. The summed E-state index contributed by atoms with van der Waals surface area (Å²) in [5, 5.41) is 3.67. The van der Waals surface area contributed by atoms with Gasteiger partial charge in [-0.3, -0.25) is 0 Å². The lowest BCUT2D eigenvalue weighted by atomic mass is 9.74. The van der Waals surface area contributed by atoms with Crippen molar-refractivity contribution in [1.82, 2.24) is 10.2 Å². The maximum Gasteiger partial charge on any atom is 0.0195 e. The van der Waals surface area contributed by atoms with Gasteiger partial charge in [0.15, 0.2) is 0 Å². The molecule has 100 valence electrons. The highest BCUT2D eigenvalue weighted by molar-refractivity contribution is 4.86. The highest BCUT2D eigenvalue weighted by Crippen LogP contribution is 2.37. The van der Waals surface area contributed by atoms with Gasteiger partial charge < -0.3 is 10.2 Å². The lowest BCUT2D eigenvalue weighted by Gasteiger charge is -2.42. The molecule has 0 aromatic heterocycles. The van der Waals surface area contributed by atoms with E-state index in [2.05, 4.69) is 24.1 Å². The zero-order chi connectivity index (χ0) is 12.1. The number of piperidine rings is 2. The largest absolute Gasteiger partial charge is 0.313 e. The van der Waals surface area contributed by atoms with Gasteiger partial charge in [0, 0.05) is 12.6 Å². The van der Waals surface area contributed by atoms with Crippen LogP contribution in [0.3, 0.4) is 0 Å². The van der Waals surface area contributed by atoms with Crippen LogP contribution in [-0.4, -0.2) is 37.1 Å². The maximum absolute atomic E-state index is 3.67. The van der Waals surface area contributed by atoms with Crippen LogP contribution in [0.1, 0.15) is 58.8 Å². The molecule has 2 fully saturated rings. The van der Waals surface area contributed by atoms with Crippen LogP contribution in [0.4, 0.5) is 0 Å². The average Bonchev–Trinajstić information content (AvgIpc) is 2.41. The number of hydrogen-bond donors (Lipinski definition) is 1. The van der Waals surface area contributed by atoms with Crippen molar-refractivity contribution in [1.29, 1.82) is 0 Å². The van der Waals surface area contributed by atoms with Crippen molar-refractivity contribution >= 4 is 0 Å². The zero-order valence-electron chi connectivity index (χ0n) is 11.8. The van der Waals surface area contributed by atoms with Crippen LogP contribution in [0, 0.1) is 5.41 Å². The van der Waals surface area contributed by atoms with Gasteiger partial charge in [0.2, 0.25) is 0 Å². The number of rotatable bonds is 4. The first-order valence-corrected chi connectivity index (χ1v) is 7.74. The monoisotopic (exact) mass is 238 g/mol. The van der Waals surface area contributed by atoms with E-state index in [1.165, 1.54) is 71.1 Å². The third kappa shape index (κ3) is 3.45. The first-order valence-electron chi connectivity index (χ1n) is 7.74. The summed E-state index contributed by atoms with van der Waals surface area (Å²) in [7, 11) is 0. The number of hydrogen-bond acceptors (Lipinski definition) is 2. The molecule has 0 aliphatic carbocycles. The standard InChI is InChI=1S/C15H30N2/c1-3-15(4-2)8-11-17(12-9-15)13-14-7-5-6-10-16-14/h14,16H,3-13H2,1-2H3. The second-order valence-corrected chi connectivity index (χ2v) is 6.15. The van der Waals surface area contributed by atoms with Crippen LogP contribution in [-0.2, 0) is 0 Å². The van der Waals surface area contributed by atoms with Crippen LogP contribution in [0.25, 0.3) is 0 Å². The van der Waals surface area contributed by atoms with Crippen molar-refractivity contribution < 1.29 is 0 Å². The van der Waals surface area contributed by atoms with E-state index in [4.69, 9.17) is 0 Å². The smallest absolute Gasteiger partial charge is 0.0195 e. The number of nitrogens with one attached hydrogen (secondary N) is 1. The topological polar surface area (TPSA) is 15.3 Å². The summed E-state index contributed by atoms with van der Waals surface area (Å²) in [4.78, 5) is 2.70. The minimum absolute atomic E-state index is 0.677. The number of nitrogens with zero attached hydrogens (tertiary/aromatic N) is 1. The average molecular weight is 238 g/mol. The Bertz CT molecular complexity index is 207. The van der Waals surface area contributed by atoms with Gasteiger partial charge in [-0.15, -0.1) is 0 Å². The highest BCUT2D eigenvalue weighted by atomic mass is 15.2. The van der Waals surface area contributed by atoms with E-state index in [1.807, 2.05) is 0 Å². The molecule has 2 aliphatic heterocycles. The van der Waals surface area contributed by atoms with Crippen molar-refractivity contribution in [2.24, 2.45) is 5.41 Å². The molecular formula is C15H30N2. The third-order valence-corrected chi connectivity index (χ3v) is 5.31. The molecule has 1 N–H and O–H groups in total. The Morgan fingerprint density at radius 3 is 2.35 bits per heavy atom. The summed E-state index contributed by atoms with van der Waals surface area (Å²) in [6.45, 7) is 9.96. The molecule has 0 bridgehead atoms. The summed E-state index contributed by atoms with van der Waals surface area (Å²) in [5.74, 6) is 0. The van der Waals surface area contributed by atoms with Crippen molar-refractivity contribution in [3.8, 4) is 0 Å². The van der Waals surface area contributed by atoms with Gasteiger partial charge in [-0.2, -0.15) is 0 Å². The van der Waals surface area contributed by atoms with E-state index in [0.717, 1.165) is 6.04 Å². The highest BCUT2D eigenvalue weighted by Gasteiger charge is 2.31. The Kier molecular flexibility index (Phi) is 4.87. The van der Waals surface area contributed by atoms with E-state index in [1.54, 1.807) is 0 Å². The molecule has 2 aliphatic rings. The van der Waals surface area contributed by atoms with Crippen LogP contribution in [0.15, 0.2) is 0 Å². The van der Waals surface area contributed by atoms with Crippen LogP contribution in [0.2, 0.25) is 0 Å². The van der Waals surface area contributed by atoms with E-state index in [9.17, 15) is 0 Å². The molecule has 0 radical (unpaired) electrons. The zero-order valence-corrected chi connectivity index (χ0v) is 11.8. The molecule has 2 heteroatoms. The molecule has 0 spiro atoms. The predicted molar refractivity (Wildman–Crippen MR) is 74.3 cm³/mol. The fourth-order valence-electron chi connectivity index (χ4n) is 3.56. The van der Waals surface area contributed by atoms with Gasteiger partial charge in [0.05, 0.1) is 0 Å². The molecule has 2 nitrogen and oxygen atoms in total. The quantitative estimate of drug-likeness (QED) is 0.810. The summed E-state index contributed by atoms with van der Waals surface area (Å²) in [5.41, 5.74) is 0.677. The molecule has 2 saturated heterocycles. The Hall–Kier alpha value is -0.0800. The molecule has 17 heavy (non-hydrogen) atoms. The van der Waals surface area contributed by atoms with Gasteiger partial charge in [0.25, 0.3) is 0 Å². The normalized spacial score (nSPS) is 30.4. The minimum Gasteiger partial charge on any atom is -0.313 e. The molecule has 2 rings (SSSR count). The second kappa shape index (κ2) is 6.19. The fourth-order valence-corrected chi connectivity index (χ4v) is 3.56. The number of likely N-dealkylation sites (tertiary alicyclic amines) is 1. The third-order valence-electron chi connectivity index (χ3n) is 5.31. The first-order chi connectivity index (χ1) is 8.28. The molecule has 0 aromatic carbocycles. The summed E-state index contributed by atoms with van der Waals surface area (Å²) >= 11 is 0. The van der Waals surface area contributed by atoms with Crippen molar-refractivity contribution in [2.75, 3.05) is 26.2 Å². The van der Waals surface area contributed by atoms with Crippen LogP contribution >= 0.6 is 0 Å². The van der Waals surface area contributed by atoms with Crippen molar-refractivity contribution in [3.05, 3.63) is 0 Å². The molecule has 0 aromatic rings. The first kappa shape index (κ1) is 13.4. The Morgan fingerprint density at radius 2 is 1.82 bits per heavy atom. The SMILES string of the molecule is CCC1(CC)CCN(CC2CCCCN2)CC1. The Morgan fingerprint density at radius 1 is 1.12 bits per heavy atom. The van der Waals surface area contributed by atoms with Gasteiger partial charge in [0.1, 0.15) is 0 Å². The molecule has 0 amide bonds. The summed E-state index contributed by atoms with van der Waals surface area (Å²) in [6.07, 6.45) is 9.80. The molecule has 2 heterocycles. The van der Waals surface area contributed by atoms with Gasteiger partial charge in [-0.05, 0) is 50.7 Å². The Labute approximate surface area is 107 Å². The van der Waals surface area contributed by atoms with E-state index in [0.29, 0.717) is 5.41 Å². The van der Waals surface area contributed by atoms with Gasteiger partial charge in [-0.1, -0.05) is 33.1 Å². The lowest BCUT2D eigenvalue weighted by molar-refractivity contribution is 0.0858. The van der Waals surface area contributed by atoms with Crippen LogP contribution in [0.5, 0.6) is 0 Å². The van der Waals surface area contributed by atoms with Gasteiger partial charge in [-0.25, -0.2) is 0 Å². The Balaban J connectivity index is 1.74. The lowest BCUT2D eigenvalue weighted by Crippen LogP contribution is -2.47. The van der Waals surface area contributed by atoms with Crippen molar-refractivity contribution in [2.45, 2.75) is 64.8 Å². The second-order valence-electron chi connectivity index (χ2n) is 6.15. The van der Waals surface area contributed by atoms with E-state index < -0.39 is 0 Å². The fraction of sp³-hybridized carbons (Fsp3) is 1.00. The predicted octanol–water partition coefficient (Wildman–Crippen LogP) is 3.03. The molecule has 0 saturated carbocycles. The van der Waals surface area contributed by atoms with Gasteiger partial charge >= 0.3 is 0 Å². The molecule has 1 atom stereocenters. The van der Waals surface area contributed by atoms with Crippen molar-refractivity contribution in [3.63, 3.8) is 0 Å². The van der Waals surface area contributed by atoms with Crippen LogP contribution < -0.4 is 5.32 Å². The minimum atomic E-state index is 0.677.